The van der Waals surface area contributed by atoms with Crippen molar-refractivity contribution in [3.63, 3.8) is 0 Å². The third kappa shape index (κ3) is 1.50. The van der Waals surface area contributed by atoms with Crippen molar-refractivity contribution >= 4 is 17.2 Å². The van der Waals surface area contributed by atoms with Crippen molar-refractivity contribution in [1.82, 2.24) is 9.38 Å². The van der Waals surface area contributed by atoms with Gasteiger partial charge in [0, 0.05) is 12.4 Å². The van der Waals surface area contributed by atoms with Gasteiger partial charge >= 0.3 is 0 Å². The predicted molar refractivity (Wildman–Crippen MR) is 59.0 cm³/mol. The number of hydrogen-bond donors (Lipinski definition) is 0. The molecule has 0 aliphatic heterocycles. The van der Waals surface area contributed by atoms with Crippen molar-refractivity contribution < 1.29 is 0 Å². The summed E-state index contributed by atoms with van der Waals surface area (Å²) in [6.07, 6.45) is 3.93. The zero-order valence-electron chi connectivity index (χ0n) is 8.58. The molecule has 0 bridgehead atoms. The first-order valence-corrected chi connectivity index (χ1v) is 5.10. The van der Waals surface area contributed by atoms with Crippen LogP contribution in [0.2, 0.25) is 5.02 Å². The molecule has 0 atom stereocenters. The first-order valence-electron chi connectivity index (χ1n) is 4.72. The molecular formula is C11H13ClN2. The maximum Gasteiger partial charge on any atom is 0.140 e. The summed E-state index contributed by atoms with van der Waals surface area (Å²) in [7, 11) is 0. The Balaban J connectivity index is 2.70. The molecule has 14 heavy (non-hydrogen) atoms. The molecule has 0 spiro atoms. The second-order valence-corrected chi connectivity index (χ2v) is 4.33. The predicted octanol–water partition coefficient (Wildman–Crippen LogP) is 3.42. The van der Waals surface area contributed by atoms with E-state index in [1.165, 1.54) is 0 Å². The van der Waals surface area contributed by atoms with Crippen molar-refractivity contribution in [1.29, 1.82) is 0 Å². The summed E-state index contributed by atoms with van der Waals surface area (Å²) in [4.78, 5) is 4.56. The molecule has 0 aromatic carbocycles. The quantitative estimate of drug-likeness (QED) is 0.702. The number of rotatable bonds is 1. The molecule has 0 fully saturated rings. The third-order valence-electron chi connectivity index (χ3n) is 2.31. The fraction of sp³-hybridized carbons (Fsp3) is 0.364. The van der Waals surface area contributed by atoms with Crippen LogP contribution in [0.5, 0.6) is 0 Å². The number of nitrogens with zero attached hydrogens (tertiary/aromatic N) is 2. The van der Waals surface area contributed by atoms with Crippen molar-refractivity contribution in [3.05, 3.63) is 34.7 Å². The number of halogens is 1. The highest BCUT2D eigenvalue weighted by molar-refractivity contribution is 6.30. The van der Waals surface area contributed by atoms with E-state index >= 15 is 0 Å². The first-order chi connectivity index (χ1) is 6.58. The van der Waals surface area contributed by atoms with Gasteiger partial charge in [0.1, 0.15) is 5.65 Å². The van der Waals surface area contributed by atoms with Crippen LogP contribution >= 0.6 is 11.6 Å². The van der Waals surface area contributed by atoms with Crippen LogP contribution in [0.4, 0.5) is 0 Å². The van der Waals surface area contributed by atoms with Gasteiger partial charge in [0.25, 0.3) is 0 Å². The average Bonchev–Trinajstić information content (AvgIpc) is 2.47. The summed E-state index contributed by atoms with van der Waals surface area (Å²) >= 11 is 5.96. The van der Waals surface area contributed by atoms with Gasteiger partial charge in [-0.25, -0.2) is 4.98 Å². The van der Waals surface area contributed by atoms with Crippen LogP contribution in [0, 0.1) is 6.92 Å². The summed E-state index contributed by atoms with van der Waals surface area (Å²) in [5, 5.41) is 0.753. The Morgan fingerprint density at radius 3 is 2.71 bits per heavy atom. The molecule has 0 unspecified atom stereocenters. The number of hydrogen-bond acceptors (Lipinski definition) is 1. The Bertz CT molecular complexity index is 471. The lowest BCUT2D eigenvalue weighted by Crippen LogP contribution is -1.86. The van der Waals surface area contributed by atoms with Crippen molar-refractivity contribution in [2.75, 3.05) is 0 Å². The highest BCUT2D eigenvalue weighted by Crippen LogP contribution is 2.19. The maximum atomic E-state index is 5.96. The van der Waals surface area contributed by atoms with Crippen LogP contribution in [0.25, 0.3) is 5.65 Å². The number of fused-ring (bicyclic) bond motifs is 1. The zero-order chi connectivity index (χ0) is 10.3. The maximum absolute atomic E-state index is 5.96. The molecule has 0 saturated carbocycles. The van der Waals surface area contributed by atoms with Crippen LogP contribution in [0.15, 0.2) is 18.5 Å². The van der Waals surface area contributed by atoms with Gasteiger partial charge in [0.05, 0.1) is 10.7 Å². The lowest BCUT2D eigenvalue weighted by molar-refractivity contribution is 0.834. The van der Waals surface area contributed by atoms with Gasteiger partial charge in [0.15, 0.2) is 0 Å². The molecule has 0 radical (unpaired) electrons. The zero-order valence-corrected chi connectivity index (χ0v) is 9.34. The van der Waals surface area contributed by atoms with Crippen LogP contribution in [0.3, 0.4) is 0 Å². The van der Waals surface area contributed by atoms with Gasteiger partial charge in [-0.05, 0) is 24.5 Å². The Morgan fingerprint density at radius 1 is 1.36 bits per heavy atom. The number of aromatic nitrogens is 2. The van der Waals surface area contributed by atoms with E-state index in [2.05, 4.69) is 18.8 Å². The Labute approximate surface area is 88.5 Å². The minimum absolute atomic E-state index is 0.452. The van der Waals surface area contributed by atoms with E-state index in [4.69, 9.17) is 11.6 Å². The smallest absolute Gasteiger partial charge is 0.140 e. The average molecular weight is 209 g/mol. The Hall–Kier alpha value is -1.02. The van der Waals surface area contributed by atoms with Crippen LogP contribution in [0.1, 0.15) is 31.0 Å². The Kier molecular flexibility index (Phi) is 2.23. The molecule has 0 saturated heterocycles. The minimum atomic E-state index is 0.452. The first kappa shape index (κ1) is 9.53. The molecule has 3 heteroatoms. The van der Waals surface area contributed by atoms with E-state index in [1.807, 2.05) is 29.8 Å². The molecule has 0 N–H and O–H groups in total. The molecule has 74 valence electrons. The third-order valence-corrected chi connectivity index (χ3v) is 2.52. The van der Waals surface area contributed by atoms with Crippen molar-refractivity contribution in [3.8, 4) is 0 Å². The summed E-state index contributed by atoms with van der Waals surface area (Å²) < 4.78 is 1.99. The minimum Gasteiger partial charge on any atom is -0.305 e. The van der Waals surface area contributed by atoms with Gasteiger partial charge in [-0.3, -0.25) is 0 Å². The second-order valence-electron chi connectivity index (χ2n) is 3.89. The van der Waals surface area contributed by atoms with E-state index < -0.39 is 0 Å². The molecule has 0 aliphatic carbocycles. The fourth-order valence-corrected chi connectivity index (χ4v) is 1.79. The number of aryl methyl sites for hydroxylation is 1. The van der Waals surface area contributed by atoms with E-state index in [9.17, 15) is 0 Å². The van der Waals surface area contributed by atoms with Crippen LogP contribution < -0.4 is 0 Å². The van der Waals surface area contributed by atoms with Gasteiger partial charge in [0.2, 0.25) is 0 Å². The van der Waals surface area contributed by atoms with E-state index in [-0.39, 0.29) is 0 Å². The highest BCUT2D eigenvalue weighted by atomic mass is 35.5. The van der Waals surface area contributed by atoms with Gasteiger partial charge in [-0.2, -0.15) is 0 Å². The summed E-state index contributed by atoms with van der Waals surface area (Å²) in [5.74, 6) is 0.452. The Morgan fingerprint density at radius 2 is 2.07 bits per heavy atom. The largest absolute Gasteiger partial charge is 0.305 e. The van der Waals surface area contributed by atoms with Crippen molar-refractivity contribution in [2.45, 2.75) is 26.7 Å². The lowest BCUT2D eigenvalue weighted by Gasteiger charge is -1.97. The fourth-order valence-electron chi connectivity index (χ4n) is 1.52. The molecule has 2 nitrogen and oxygen atoms in total. The lowest BCUT2D eigenvalue weighted by atomic mass is 10.2. The van der Waals surface area contributed by atoms with Crippen LogP contribution in [-0.2, 0) is 0 Å². The SMILES string of the molecule is Cc1cc(Cl)cn2cc(C(C)C)nc12. The van der Waals surface area contributed by atoms with Gasteiger partial charge in [-0.1, -0.05) is 25.4 Å². The van der Waals surface area contributed by atoms with E-state index in [0.717, 1.165) is 21.9 Å². The van der Waals surface area contributed by atoms with Gasteiger partial charge < -0.3 is 4.40 Å². The van der Waals surface area contributed by atoms with E-state index in [1.54, 1.807) is 0 Å². The monoisotopic (exact) mass is 208 g/mol. The highest BCUT2D eigenvalue weighted by Gasteiger charge is 2.07. The summed E-state index contributed by atoms with van der Waals surface area (Å²) in [6, 6.07) is 1.94. The van der Waals surface area contributed by atoms with Gasteiger partial charge in [-0.15, -0.1) is 0 Å². The van der Waals surface area contributed by atoms with E-state index in [0.29, 0.717) is 5.92 Å². The summed E-state index contributed by atoms with van der Waals surface area (Å²) in [5.41, 5.74) is 3.22. The molecule has 2 heterocycles. The molecule has 0 amide bonds. The van der Waals surface area contributed by atoms with Crippen LogP contribution in [-0.4, -0.2) is 9.38 Å². The molecule has 2 rings (SSSR count). The normalized spacial score (nSPS) is 11.5. The molecule has 0 aliphatic rings. The number of pyridine rings is 1. The standard InChI is InChI=1S/C11H13ClN2/c1-7(2)10-6-14-5-9(12)4-8(3)11(14)13-10/h4-7H,1-3H3. The van der Waals surface area contributed by atoms with Crippen molar-refractivity contribution in [2.24, 2.45) is 0 Å². The molecular weight excluding hydrogens is 196 g/mol. The molecule has 2 aromatic rings. The molecule has 2 aromatic heterocycles. The topological polar surface area (TPSA) is 17.3 Å². The number of imidazole rings is 1. The second kappa shape index (κ2) is 3.28. The summed E-state index contributed by atoms with van der Waals surface area (Å²) in [6.45, 7) is 6.30.